The van der Waals surface area contributed by atoms with Gasteiger partial charge in [0.2, 0.25) is 0 Å². The first kappa shape index (κ1) is 10.1. The van der Waals surface area contributed by atoms with Gasteiger partial charge in [-0.15, -0.1) is 0 Å². The van der Waals surface area contributed by atoms with E-state index in [0.29, 0.717) is 0 Å². The SMILES string of the molecule is CCCC(C1CC1)C(C)C(C)C. The zero-order valence-corrected chi connectivity index (χ0v) is 9.14. The molecule has 0 N–H and O–H groups in total. The zero-order chi connectivity index (χ0) is 9.14. The summed E-state index contributed by atoms with van der Waals surface area (Å²) in [5.41, 5.74) is 0. The quantitative estimate of drug-likeness (QED) is 0.579. The van der Waals surface area contributed by atoms with E-state index in [-0.39, 0.29) is 0 Å². The second-order valence-corrected chi connectivity index (χ2v) is 4.89. The molecule has 0 heteroatoms. The Morgan fingerprint density at radius 1 is 1.17 bits per heavy atom. The normalized spacial score (nSPS) is 22.8. The molecule has 0 aromatic rings. The molecule has 0 radical (unpaired) electrons. The lowest BCUT2D eigenvalue weighted by atomic mass is 9.79. The Morgan fingerprint density at radius 2 is 1.75 bits per heavy atom. The maximum Gasteiger partial charge on any atom is -0.0358 e. The third kappa shape index (κ3) is 2.50. The van der Waals surface area contributed by atoms with Gasteiger partial charge >= 0.3 is 0 Å². The van der Waals surface area contributed by atoms with Crippen LogP contribution >= 0.6 is 0 Å². The minimum absolute atomic E-state index is 0.877. The van der Waals surface area contributed by atoms with Gasteiger partial charge < -0.3 is 0 Å². The van der Waals surface area contributed by atoms with Gasteiger partial charge in [-0.1, -0.05) is 40.5 Å². The fourth-order valence-electron chi connectivity index (χ4n) is 2.28. The molecule has 0 spiro atoms. The van der Waals surface area contributed by atoms with Crippen LogP contribution in [0.4, 0.5) is 0 Å². The van der Waals surface area contributed by atoms with Crippen molar-refractivity contribution in [1.29, 1.82) is 0 Å². The highest BCUT2D eigenvalue weighted by Gasteiger charge is 2.34. The highest BCUT2D eigenvalue weighted by Crippen LogP contribution is 2.44. The van der Waals surface area contributed by atoms with Gasteiger partial charge in [-0.05, 0) is 36.5 Å². The first-order chi connectivity index (χ1) is 5.66. The van der Waals surface area contributed by atoms with Crippen LogP contribution in [-0.4, -0.2) is 0 Å². The first-order valence-corrected chi connectivity index (χ1v) is 5.66. The molecule has 0 saturated heterocycles. The lowest BCUT2D eigenvalue weighted by Crippen LogP contribution is -2.18. The van der Waals surface area contributed by atoms with Crippen LogP contribution in [0.15, 0.2) is 0 Å². The highest BCUT2D eigenvalue weighted by molar-refractivity contribution is 4.84. The van der Waals surface area contributed by atoms with Crippen LogP contribution in [0.25, 0.3) is 0 Å². The lowest BCUT2D eigenvalue weighted by molar-refractivity contribution is 0.232. The summed E-state index contributed by atoms with van der Waals surface area (Å²) in [5.74, 6) is 3.96. The fraction of sp³-hybridized carbons (Fsp3) is 1.00. The van der Waals surface area contributed by atoms with Crippen molar-refractivity contribution in [3.8, 4) is 0 Å². The predicted molar refractivity (Wildman–Crippen MR) is 55.1 cm³/mol. The van der Waals surface area contributed by atoms with Crippen molar-refractivity contribution in [2.45, 2.75) is 53.4 Å². The van der Waals surface area contributed by atoms with Crippen molar-refractivity contribution >= 4 is 0 Å². The monoisotopic (exact) mass is 168 g/mol. The second kappa shape index (κ2) is 4.30. The fourth-order valence-corrected chi connectivity index (χ4v) is 2.28. The van der Waals surface area contributed by atoms with E-state index in [4.69, 9.17) is 0 Å². The Kier molecular flexibility index (Phi) is 3.61. The molecule has 0 aliphatic heterocycles. The smallest absolute Gasteiger partial charge is 0.0358 e. The first-order valence-electron chi connectivity index (χ1n) is 5.66. The van der Waals surface area contributed by atoms with E-state index in [1.54, 1.807) is 0 Å². The molecule has 0 aromatic heterocycles. The Labute approximate surface area is 77.7 Å². The highest BCUT2D eigenvalue weighted by atomic mass is 14.4. The van der Waals surface area contributed by atoms with E-state index in [9.17, 15) is 0 Å². The molecule has 2 unspecified atom stereocenters. The Balaban J connectivity index is 2.40. The van der Waals surface area contributed by atoms with Gasteiger partial charge in [0, 0.05) is 0 Å². The van der Waals surface area contributed by atoms with E-state index in [2.05, 4.69) is 27.7 Å². The third-order valence-corrected chi connectivity index (χ3v) is 3.58. The molecule has 0 heterocycles. The number of hydrogen-bond donors (Lipinski definition) is 0. The minimum atomic E-state index is 0.877. The van der Waals surface area contributed by atoms with Gasteiger partial charge in [-0.2, -0.15) is 0 Å². The molecule has 1 aliphatic carbocycles. The zero-order valence-electron chi connectivity index (χ0n) is 9.14. The average Bonchev–Trinajstić information content (AvgIpc) is 2.81. The summed E-state index contributed by atoms with van der Waals surface area (Å²) in [6.45, 7) is 9.51. The molecule has 1 saturated carbocycles. The number of rotatable bonds is 5. The van der Waals surface area contributed by atoms with Gasteiger partial charge in [0.1, 0.15) is 0 Å². The van der Waals surface area contributed by atoms with Crippen molar-refractivity contribution in [2.75, 3.05) is 0 Å². The van der Waals surface area contributed by atoms with E-state index < -0.39 is 0 Å². The maximum atomic E-state index is 2.45. The van der Waals surface area contributed by atoms with Crippen LogP contribution in [-0.2, 0) is 0 Å². The van der Waals surface area contributed by atoms with Gasteiger partial charge in [-0.25, -0.2) is 0 Å². The van der Waals surface area contributed by atoms with Crippen molar-refractivity contribution in [2.24, 2.45) is 23.7 Å². The number of hydrogen-bond acceptors (Lipinski definition) is 0. The Bertz CT molecular complexity index is 122. The van der Waals surface area contributed by atoms with E-state index in [0.717, 1.165) is 23.7 Å². The van der Waals surface area contributed by atoms with Crippen LogP contribution in [0.3, 0.4) is 0 Å². The standard InChI is InChI=1S/C12H24/c1-5-6-12(11-7-8-11)10(4)9(2)3/h9-12H,5-8H2,1-4H3. The van der Waals surface area contributed by atoms with Gasteiger partial charge in [0.25, 0.3) is 0 Å². The topological polar surface area (TPSA) is 0 Å². The van der Waals surface area contributed by atoms with Crippen molar-refractivity contribution < 1.29 is 0 Å². The van der Waals surface area contributed by atoms with Crippen molar-refractivity contribution in [1.82, 2.24) is 0 Å². The molecule has 12 heavy (non-hydrogen) atoms. The molecule has 1 aliphatic rings. The van der Waals surface area contributed by atoms with Crippen LogP contribution in [0, 0.1) is 23.7 Å². The molecule has 72 valence electrons. The molecule has 0 bridgehead atoms. The Morgan fingerprint density at radius 3 is 2.08 bits per heavy atom. The summed E-state index contributed by atoms with van der Waals surface area (Å²) in [6.07, 6.45) is 5.87. The molecule has 2 atom stereocenters. The van der Waals surface area contributed by atoms with E-state index in [1.807, 2.05) is 0 Å². The Hall–Kier alpha value is 0. The minimum Gasteiger partial charge on any atom is -0.0654 e. The van der Waals surface area contributed by atoms with Crippen LogP contribution in [0.1, 0.15) is 53.4 Å². The van der Waals surface area contributed by atoms with Crippen LogP contribution < -0.4 is 0 Å². The summed E-state index contributed by atoms with van der Waals surface area (Å²) >= 11 is 0. The largest absolute Gasteiger partial charge is 0.0654 e. The summed E-state index contributed by atoms with van der Waals surface area (Å²) < 4.78 is 0. The molecular weight excluding hydrogens is 144 g/mol. The van der Waals surface area contributed by atoms with Crippen LogP contribution in [0.5, 0.6) is 0 Å². The van der Waals surface area contributed by atoms with Crippen LogP contribution in [0.2, 0.25) is 0 Å². The second-order valence-electron chi connectivity index (χ2n) is 4.89. The molecular formula is C12H24. The summed E-state index contributed by atoms with van der Waals surface area (Å²) in [6, 6.07) is 0. The lowest BCUT2D eigenvalue weighted by Gasteiger charge is -2.26. The summed E-state index contributed by atoms with van der Waals surface area (Å²) in [4.78, 5) is 0. The van der Waals surface area contributed by atoms with Gasteiger partial charge in [-0.3, -0.25) is 0 Å². The van der Waals surface area contributed by atoms with Gasteiger partial charge in [0.15, 0.2) is 0 Å². The third-order valence-electron chi connectivity index (χ3n) is 3.58. The summed E-state index contributed by atoms with van der Waals surface area (Å²) in [5, 5.41) is 0. The molecule has 0 nitrogen and oxygen atoms in total. The van der Waals surface area contributed by atoms with E-state index in [1.165, 1.54) is 25.7 Å². The molecule has 0 aromatic carbocycles. The average molecular weight is 168 g/mol. The predicted octanol–water partition coefficient (Wildman–Crippen LogP) is 4.10. The molecule has 0 amide bonds. The van der Waals surface area contributed by atoms with Crippen molar-refractivity contribution in [3.63, 3.8) is 0 Å². The van der Waals surface area contributed by atoms with Gasteiger partial charge in [0.05, 0.1) is 0 Å². The van der Waals surface area contributed by atoms with Crippen molar-refractivity contribution in [3.05, 3.63) is 0 Å². The molecule has 1 rings (SSSR count). The summed E-state index contributed by atoms with van der Waals surface area (Å²) in [7, 11) is 0. The molecule has 1 fully saturated rings. The van der Waals surface area contributed by atoms with E-state index >= 15 is 0 Å². The maximum absolute atomic E-state index is 2.45.